The topological polar surface area (TPSA) is 60.9 Å². The number of hydrogen-bond donors (Lipinski definition) is 1. The van der Waals surface area contributed by atoms with Crippen LogP contribution < -0.4 is 4.90 Å². The van der Waals surface area contributed by atoms with E-state index in [9.17, 15) is 18.4 Å². The van der Waals surface area contributed by atoms with Gasteiger partial charge in [0, 0.05) is 38.2 Å². The number of carboxylic acids is 1. The SMILES string of the molecule is O=C(O)C1CCC(C(=O)N2CCN(c3cc(F)ccc3F)CC2)CC1. The van der Waals surface area contributed by atoms with Gasteiger partial charge in [0.2, 0.25) is 5.91 Å². The second-order valence-electron chi connectivity index (χ2n) is 6.79. The zero-order chi connectivity index (χ0) is 18.0. The average Bonchev–Trinajstić information content (AvgIpc) is 2.63. The molecule has 1 N–H and O–H groups in total. The summed E-state index contributed by atoms with van der Waals surface area (Å²) in [5.74, 6) is -2.12. The van der Waals surface area contributed by atoms with Crippen molar-refractivity contribution >= 4 is 17.6 Å². The Kier molecular flexibility index (Phi) is 5.20. The quantitative estimate of drug-likeness (QED) is 0.908. The molecule has 1 aliphatic carbocycles. The fourth-order valence-electron chi connectivity index (χ4n) is 3.74. The lowest BCUT2D eigenvalue weighted by Crippen LogP contribution is -2.51. The Morgan fingerprint density at radius 2 is 1.56 bits per heavy atom. The summed E-state index contributed by atoms with van der Waals surface area (Å²) in [6.07, 6.45) is 2.30. The minimum atomic E-state index is -0.781. The zero-order valence-electron chi connectivity index (χ0n) is 14.0. The molecule has 0 spiro atoms. The lowest BCUT2D eigenvalue weighted by atomic mass is 9.81. The maximum atomic E-state index is 13.9. The first-order valence-corrected chi connectivity index (χ1v) is 8.67. The van der Waals surface area contributed by atoms with Gasteiger partial charge in [0.1, 0.15) is 11.6 Å². The van der Waals surface area contributed by atoms with E-state index in [1.54, 1.807) is 9.80 Å². The molecule has 0 atom stereocenters. The molecular weight excluding hydrogens is 330 g/mol. The third-order valence-electron chi connectivity index (χ3n) is 5.27. The summed E-state index contributed by atoms with van der Waals surface area (Å²) in [7, 11) is 0. The van der Waals surface area contributed by atoms with Crippen LogP contribution in [0.25, 0.3) is 0 Å². The fraction of sp³-hybridized carbons (Fsp3) is 0.556. The lowest BCUT2D eigenvalue weighted by Gasteiger charge is -2.38. The molecule has 136 valence electrons. The molecule has 25 heavy (non-hydrogen) atoms. The molecule has 7 heteroatoms. The predicted molar refractivity (Wildman–Crippen MR) is 88.2 cm³/mol. The van der Waals surface area contributed by atoms with Gasteiger partial charge >= 0.3 is 5.97 Å². The first-order valence-electron chi connectivity index (χ1n) is 8.67. The Hall–Kier alpha value is -2.18. The second kappa shape index (κ2) is 7.37. The molecule has 1 heterocycles. The Balaban J connectivity index is 1.54. The van der Waals surface area contributed by atoms with Gasteiger partial charge in [0.05, 0.1) is 11.6 Å². The summed E-state index contributed by atoms with van der Waals surface area (Å²) in [5, 5.41) is 9.03. The first kappa shape index (κ1) is 17.6. The van der Waals surface area contributed by atoms with Crippen molar-refractivity contribution in [2.75, 3.05) is 31.1 Å². The minimum Gasteiger partial charge on any atom is -0.481 e. The van der Waals surface area contributed by atoms with Gasteiger partial charge in [-0.3, -0.25) is 9.59 Å². The van der Waals surface area contributed by atoms with E-state index in [1.807, 2.05) is 0 Å². The molecule has 0 unspecified atom stereocenters. The van der Waals surface area contributed by atoms with Gasteiger partial charge in [0.25, 0.3) is 0 Å². The molecule has 1 saturated heterocycles. The molecule has 0 aromatic heterocycles. The van der Waals surface area contributed by atoms with Gasteiger partial charge in [-0.05, 0) is 37.8 Å². The summed E-state index contributed by atoms with van der Waals surface area (Å²) in [6, 6.07) is 3.38. The van der Waals surface area contributed by atoms with Crippen molar-refractivity contribution in [3.8, 4) is 0 Å². The molecule has 0 bridgehead atoms. The maximum Gasteiger partial charge on any atom is 0.306 e. The number of benzene rings is 1. The van der Waals surface area contributed by atoms with Gasteiger partial charge in [-0.1, -0.05) is 0 Å². The van der Waals surface area contributed by atoms with Gasteiger partial charge in [0.15, 0.2) is 0 Å². The highest BCUT2D eigenvalue weighted by Crippen LogP contribution is 2.31. The predicted octanol–water partition coefficient (Wildman–Crippen LogP) is 2.50. The van der Waals surface area contributed by atoms with Gasteiger partial charge in [-0.15, -0.1) is 0 Å². The molecule has 1 amide bonds. The van der Waals surface area contributed by atoms with Crippen LogP contribution in [0.15, 0.2) is 18.2 Å². The number of halogens is 2. The van der Waals surface area contributed by atoms with Crippen LogP contribution in [0.5, 0.6) is 0 Å². The monoisotopic (exact) mass is 352 g/mol. The molecule has 0 radical (unpaired) electrons. The molecule has 2 aliphatic rings. The highest BCUT2D eigenvalue weighted by Gasteiger charge is 2.33. The largest absolute Gasteiger partial charge is 0.481 e. The van der Waals surface area contributed by atoms with Crippen molar-refractivity contribution in [2.24, 2.45) is 11.8 Å². The van der Waals surface area contributed by atoms with E-state index in [-0.39, 0.29) is 23.4 Å². The molecule has 3 rings (SSSR count). The lowest BCUT2D eigenvalue weighted by molar-refractivity contribution is -0.145. The number of amides is 1. The van der Waals surface area contributed by atoms with E-state index >= 15 is 0 Å². The van der Waals surface area contributed by atoms with Crippen LogP contribution in [-0.4, -0.2) is 48.1 Å². The average molecular weight is 352 g/mol. The normalized spacial score (nSPS) is 24.2. The van der Waals surface area contributed by atoms with E-state index in [0.717, 1.165) is 12.1 Å². The number of hydrogen-bond acceptors (Lipinski definition) is 3. The molecule has 1 saturated carbocycles. The standard InChI is InChI=1S/C18H22F2N2O3/c19-14-5-6-15(20)16(11-14)21-7-9-22(10-8-21)17(23)12-1-3-13(4-2-12)18(24)25/h5-6,11-13H,1-4,7-10H2,(H,24,25). The zero-order valence-corrected chi connectivity index (χ0v) is 14.0. The van der Waals surface area contributed by atoms with Crippen molar-refractivity contribution < 1.29 is 23.5 Å². The van der Waals surface area contributed by atoms with Crippen molar-refractivity contribution in [3.63, 3.8) is 0 Å². The number of carbonyl (C=O) groups excluding carboxylic acids is 1. The van der Waals surface area contributed by atoms with Gasteiger partial charge in [-0.25, -0.2) is 8.78 Å². The molecule has 2 fully saturated rings. The van der Waals surface area contributed by atoms with E-state index < -0.39 is 17.6 Å². The number of nitrogens with zero attached hydrogens (tertiary/aromatic N) is 2. The van der Waals surface area contributed by atoms with Gasteiger partial charge < -0.3 is 14.9 Å². The van der Waals surface area contributed by atoms with E-state index in [2.05, 4.69) is 0 Å². The van der Waals surface area contributed by atoms with Crippen molar-refractivity contribution in [1.82, 2.24) is 4.90 Å². The van der Waals surface area contributed by atoms with Crippen molar-refractivity contribution in [1.29, 1.82) is 0 Å². The third-order valence-corrected chi connectivity index (χ3v) is 5.27. The number of rotatable bonds is 3. The van der Waals surface area contributed by atoms with E-state index in [0.29, 0.717) is 51.9 Å². The summed E-state index contributed by atoms with van der Waals surface area (Å²) >= 11 is 0. The molecule has 1 aromatic carbocycles. The van der Waals surface area contributed by atoms with Crippen LogP contribution >= 0.6 is 0 Å². The van der Waals surface area contributed by atoms with Crippen LogP contribution in [0.4, 0.5) is 14.5 Å². The summed E-state index contributed by atoms with van der Waals surface area (Å²) in [4.78, 5) is 27.1. The molecule has 1 aliphatic heterocycles. The second-order valence-corrected chi connectivity index (χ2v) is 6.79. The highest BCUT2D eigenvalue weighted by atomic mass is 19.1. The fourth-order valence-corrected chi connectivity index (χ4v) is 3.74. The minimum absolute atomic E-state index is 0.0585. The third kappa shape index (κ3) is 3.91. The van der Waals surface area contributed by atoms with E-state index in [4.69, 9.17) is 5.11 Å². The number of piperazine rings is 1. The molecular formula is C18H22F2N2O3. The molecule has 5 nitrogen and oxygen atoms in total. The van der Waals surface area contributed by atoms with Crippen LogP contribution in [0, 0.1) is 23.5 Å². The van der Waals surface area contributed by atoms with Crippen LogP contribution in [0.3, 0.4) is 0 Å². The van der Waals surface area contributed by atoms with Crippen LogP contribution in [0.1, 0.15) is 25.7 Å². The van der Waals surface area contributed by atoms with Crippen molar-refractivity contribution in [2.45, 2.75) is 25.7 Å². The summed E-state index contributed by atoms with van der Waals surface area (Å²) in [5.41, 5.74) is 0.231. The summed E-state index contributed by atoms with van der Waals surface area (Å²) in [6.45, 7) is 1.84. The Bertz CT molecular complexity index is 652. The Labute approximate surface area is 145 Å². The highest BCUT2D eigenvalue weighted by molar-refractivity contribution is 5.80. The number of aliphatic carboxylic acids is 1. The first-order chi connectivity index (χ1) is 12.0. The Morgan fingerprint density at radius 1 is 0.960 bits per heavy atom. The molecule has 1 aromatic rings. The summed E-state index contributed by atoms with van der Waals surface area (Å²) < 4.78 is 27.2. The van der Waals surface area contributed by atoms with Crippen LogP contribution in [0.2, 0.25) is 0 Å². The van der Waals surface area contributed by atoms with E-state index in [1.165, 1.54) is 6.07 Å². The van der Waals surface area contributed by atoms with Crippen LogP contribution in [-0.2, 0) is 9.59 Å². The van der Waals surface area contributed by atoms with Gasteiger partial charge in [-0.2, -0.15) is 0 Å². The number of carboxylic acid groups (broad SMARTS) is 1. The van der Waals surface area contributed by atoms with Crippen molar-refractivity contribution in [3.05, 3.63) is 29.8 Å². The number of anilines is 1. The smallest absolute Gasteiger partial charge is 0.306 e. The number of carbonyl (C=O) groups is 2. The maximum absolute atomic E-state index is 13.9. The Morgan fingerprint density at radius 3 is 2.16 bits per heavy atom.